The molecule has 1 aromatic heterocycles. The molecule has 1 aliphatic heterocycles. The van der Waals surface area contributed by atoms with E-state index in [1.54, 1.807) is 56.6 Å². The van der Waals surface area contributed by atoms with Crippen molar-refractivity contribution in [1.29, 1.82) is 0 Å². The van der Waals surface area contributed by atoms with Crippen molar-refractivity contribution < 1.29 is 22.7 Å². The van der Waals surface area contributed by atoms with Gasteiger partial charge in [-0.3, -0.25) is 4.98 Å². The van der Waals surface area contributed by atoms with Crippen LogP contribution in [0, 0.1) is 5.82 Å². The number of rotatable bonds is 6. The largest absolute Gasteiger partial charge is 0.457 e. The van der Waals surface area contributed by atoms with E-state index >= 15 is 0 Å². The molecule has 178 valence electrons. The van der Waals surface area contributed by atoms with Crippen molar-refractivity contribution in [3.8, 4) is 11.1 Å². The molecule has 9 heteroatoms. The lowest BCUT2D eigenvalue weighted by Gasteiger charge is -2.39. The van der Waals surface area contributed by atoms with Gasteiger partial charge in [0.15, 0.2) is 0 Å². The van der Waals surface area contributed by atoms with Crippen LogP contribution >= 0.6 is 0 Å². The van der Waals surface area contributed by atoms with Gasteiger partial charge in [-0.2, -0.15) is 0 Å². The summed E-state index contributed by atoms with van der Waals surface area (Å²) in [6.45, 7) is 3.09. The van der Waals surface area contributed by atoms with Gasteiger partial charge in [0.1, 0.15) is 16.7 Å². The van der Waals surface area contributed by atoms with Gasteiger partial charge in [0.2, 0.25) is 10.0 Å². The monoisotopic (exact) mass is 483 g/mol. The molecule has 3 aromatic rings. The predicted octanol–water partition coefficient (Wildman–Crippen LogP) is 4.14. The quantitative estimate of drug-likeness (QED) is 0.549. The number of nitrogens with one attached hydrogen (secondary N) is 1. The number of amidine groups is 1. The summed E-state index contributed by atoms with van der Waals surface area (Å²) < 4.78 is 49.3. The molecule has 7 nitrogen and oxygen atoms in total. The lowest BCUT2D eigenvalue weighted by Crippen LogP contribution is -2.53. The Morgan fingerprint density at radius 3 is 2.35 bits per heavy atom. The van der Waals surface area contributed by atoms with E-state index in [2.05, 4.69) is 14.7 Å². The Labute approximate surface area is 198 Å². The third-order valence-electron chi connectivity index (χ3n) is 5.70. The molecule has 0 bridgehead atoms. The van der Waals surface area contributed by atoms with Crippen LogP contribution in [0.4, 0.5) is 4.39 Å². The van der Waals surface area contributed by atoms with Crippen LogP contribution in [0.2, 0.25) is 0 Å². The number of benzene rings is 2. The third-order valence-corrected chi connectivity index (χ3v) is 7.62. The second kappa shape index (κ2) is 9.52. The smallest absolute Gasteiger partial charge is 0.299 e. The molecule has 4 rings (SSSR count). The summed E-state index contributed by atoms with van der Waals surface area (Å²) in [5.74, 6) is -0.490. The van der Waals surface area contributed by atoms with Gasteiger partial charge in [0, 0.05) is 24.6 Å². The van der Waals surface area contributed by atoms with Crippen LogP contribution < -0.4 is 4.72 Å². The topological polar surface area (TPSA) is 101 Å². The van der Waals surface area contributed by atoms with Crippen molar-refractivity contribution in [1.82, 2.24) is 9.71 Å². The molecule has 2 atom stereocenters. The second-order valence-electron chi connectivity index (χ2n) is 8.57. The van der Waals surface area contributed by atoms with Crippen LogP contribution in [-0.2, 0) is 14.8 Å². The molecule has 1 aliphatic rings. The molecular formula is C25H26FN3O4S. The van der Waals surface area contributed by atoms with Crippen molar-refractivity contribution in [2.45, 2.75) is 37.2 Å². The Morgan fingerprint density at radius 1 is 1.09 bits per heavy atom. The standard InChI is InChI=1S/C25H26FN3O4S/c1-25(2)23(19-9-7-17(8-10-19)18-11-14-27-15-12-18)34(31,32)29-24(33-25)28-22(13-16-30)20-5-3-4-6-21(20)26/h3-12,14-15,22-23,30H,13,16H2,1-2H3,(H,28,29)/t22-,23?/m0/s1. The Hall–Kier alpha value is -3.30. The first-order valence-corrected chi connectivity index (χ1v) is 12.4. The Balaban J connectivity index is 1.64. The zero-order chi connectivity index (χ0) is 24.3. The number of ether oxygens (including phenoxy) is 1. The number of sulfonamides is 1. The zero-order valence-electron chi connectivity index (χ0n) is 18.8. The van der Waals surface area contributed by atoms with E-state index in [4.69, 9.17) is 4.74 Å². The number of aliphatic hydroxyl groups excluding tert-OH is 1. The first kappa shape index (κ1) is 23.8. The van der Waals surface area contributed by atoms with Gasteiger partial charge >= 0.3 is 0 Å². The third kappa shape index (κ3) is 4.95. The summed E-state index contributed by atoms with van der Waals surface area (Å²) in [6.07, 6.45) is 3.50. The molecule has 34 heavy (non-hydrogen) atoms. The van der Waals surface area contributed by atoms with Crippen molar-refractivity contribution in [2.24, 2.45) is 4.99 Å². The zero-order valence-corrected chi connectivity index (χ0v) is 19.7. The first-order valence-electron chi connectivity index (χ1n) is 10.9. The van der Waals surface area contributed by atoms with Gasteiger partial charge in [0.05, 0.1) is 6.04 Å². The lowest BCUT2D eigenvalue weighted by atomic mass is 9.95. The van der Waals surface area contributed by atoms with E-state index in [0.717, 1.165) is 11.1 Å². The van der Waals surface area contributed by atoms with E-state index in [1.807, 2.05) is 24.3 Å². The minimum Gasteiger partial charge on any atom is -0.457 e. The highest BCUT2D eigenvalue weighted by Crippen LogP contribution is 2.39. The molecule has 0 spiro atoms. The van der Waals surface area contributed by atoms with Gasteiger partial charge in [-0.15, -0.1) is 0 Å². The molecule has 0 radical (unpaired) electrons. The average Bonchev–Trinajstić information content (AvgIpc) is 2.79. The number of pyridine rings is 1. The Kier molecular flexibility index (Phi) is 6.67. The van der Waals surface area contributed by atoms with E-state index in [1.165, 1.54) is 6.07 Å². The number of aliphatic imine (C=N–C) groups is 1. The van der Waals surface area contributed by atoms with Crippen LogP contribution in [0.5, 0.6) is 0 Å². The van der Waals surface area contributed by atoms with E-state index in [9.17, 15) is 17.9 Å². The summed E-state index contributed by atoms with van der Waals surface area (Å²) in [4.78, 5) is 8.34. The molecule has 0 amide bonds. The number of hydrogen-bond acceptors (Lipinski definition) is 6. The summed E-state index contributed by atoms with van der Waals surface area (Å²) in [5, 5.41) is 8.44. The van der Waals surface area contributed by atoms with Crippen molar-refractivity contribution in [2.75, 3.05) is 6.61 Å². The van der Waals surface area contributed by atoms with Gasteiger partial charge < -0.3 is 9.84 Å². The maximum Gasteiger partial charge on any atom is 0.299 e. The minimum absolute atomic E-state index is 0.107. The molecule has 0 aliphatic carbocycles. The Bertz CT molecular complexity index is 1280. The highest BCUT2D eigenvalue weighted by molar-refractivity contribution is 7.90. The first-order chi connectivity index (χ1) is 16.2. The molecule has 1 unspecified atom stereocenters. The van der Waals surface area contributed by atoms with Crippen LogP contribution in [0.3, 0.4) is 0 Å². The van der Waals surface area contributed by atoms with Crippen LogP contribution in [0.15, 0.2) is 78.0 Å². The molecule has 1 saturated heterocycles. The number of aliphatic hydroxyl groups is 1. The second-order valence-corrected chi connectivity index (χ2v) is 10.3. The van der Waals surface area contributed by atoms with Crippen LogP contribution in [-0.4, -0.2) is 36.7 Å². The van der Waals surface area contributed by atoms with Gasteiger partial charge in [-0.1, -0.05) is 42.5 Å². The summed E-state index contributed by atoms with van der Waals surface area (Å²) in [5.41, 5.74) is 1.55. The fourth-order valence-electron chi connectivity index (χ4n) is 4.20. The van der Waals surface area contributed by atoms with Crippen molar-refractivity contribution in [3.63, 3.8) is 0 Å². The van der Waals surface area contributed by atoms with E-state index in [0.29, 0.717) is 5.56 Å². The average molecular weight is 484 g/mol. The highest BCUT2D eigenvalue weighted by Gasteiger charge is 2.48. The number of aromatic nitrogens is 1. The van der Waals surface area contributed by atoms with Gasteiger partial charge in [0.25, 0.3) is 6.02 Å². The molecule has 2 N–H and O–H groups in total. The summed E-state index contributed by atoms with van der Waals surface area (Å²) in [6, 6.07) is 16.0. The number of nitrogens with zero attached hydrogens (tertiary/aromatic N) is 2. The van der Waals surface area contributed by atoms with Crippen molar-refractivity contribution >= 4 is 16.0 Å². The Morgan fingerprint density at radius 2 is 1.74 bits per heavy atom. The molecular weight excluding hydrogens is 457 g/mol. The number of hydrogen-bond donors (Lipinski definition) is 2. The summed E-state index contributed by atoms with van der Waals surface area (Å²) in [7, 11) is -3.94. The fourth-order valence-corrected chi connectivity index (χ4v) is 5.97. The lowest BCUT2D eigenvalue weighted by molar-refractivity contribution is 0.0758. The molecule has 2 heterocycles. The predicted molar refractivity (Wildman–Crippen MR) is 128 cm³/mol. The highest BCUT2D eigenvalue weighted by atomic mass is 32.2. The van der Waals surface area contributed by atoms with Crippen LogP contribution in [0.25, 0.3) is 11.1 Å². The van der Waals surface area contributed by atoms with Crippen molar-refractivity contribution in [3.05, 3.63) is 90.0 Å². The van der Waals surface area contributed by atoms with E-state index < -0.39 is 32.7 Å². The number of halogens is 1. The summed E-state index contributed by atoms with van der Waals surface area (Å²) >= 11 is 0. The van der Waals surface area contributed by atoms with Gasteiger partial charge in [-0.05, 0) is 55.2 Å². The van der Waals surface area contributed by atoms with E-state index in [-0.39, 0.29) is 24.6 Å². The van der Waals surface area contributed by atoms with Gasteiger partial charge in [-0.25, -0.2) is 22.5 Å². The fraction of sp³-hybridized carbons (Fsp3) is 0.280. The SMILES string of the molecule is CC1(C)OC(=N[C@@H](CCO)c2ccccc2F)NS(=O)(=O)C1c1ccc(-c2ccncc2)cc1. The normalized spacial score (nSPS) is 20.8. The van der Waals surface area contributed by atoms with Crippen LogP contribution in [0.1, 0.15) is 42.7 Å². The molecule has 2 aromatic carbocycles. The molecule has 1 fully saturated rings. The minimum atomic E-state index is -3.94. The maximum atomic E-state index is 14.3. The maximum absolute atomic E-state index is 14.3. The molecule has 0 saturated carbocycles.